The fourth-order valence-corrected chi connectivity index (χ4v) is 1.88. The van der Waals surface area contributed by atoms with Crippen LogP contribution in [-0.2, 0) is 11.2 Å². The number of nitrogens with one attached hydrogen (secondary N) is 1. The highest BCUT2D eigenvalue weighted by Gasteiger charge is 2.07. The number of ether oxygens (including phenoxy) is 2. The van der Waals surface area contributed by atoms with E-state index in [1.165, 1.54) is 0 Å². The van der Waals surface area contributed by atoms with E-state index in [9.17, 15) is 4.79 Å². The van der Waals surface area contributed by atoms with Crippen LogP contribution in [0.15, 0.2) is 18.2 Å². The second kappa shape index (κ2) is 10.0. The number of hydrogen-bond donors (Lipinski definition) is 2. The van der Waals surface area contributed by atoms with Crippen LogP contribution < -0.4 is 20.5 Å². The molecule has 1 amide bonds. The third-order valence-electron chi connectivity index (χ3n) is 2.89. The third kappa shape index (κ3) is 6.49. The Morgan fingerprint density at radius 1 is 1.24 bits per heavy atom. The van der Waals surface area contributed by atoms with Crippen molar-refractivity contribution in [3.05, 3.63) is 23.8 Å². The summed E-state index contributed by atoms with van der Waals surface area (Å²) in [7, 11) is 0. The highest BCUT2D eigenvalue weighted by molar-refractivity contribution is 5.75. The maximum Gasteiger partial charge on any atom is 0.223 e. The second-order valence-electron chi connectivity index (χ2n) is 4.71. The Hall–Kier alpha value is -1.75. The summed E-state index contributed by atoms with van der Waals surface area (Å²) in [6, 6.07) is 5.77. The molecule has 0 bridgehead atoms. The van der Waals surface area contributed by atoms with Crippen molar-refractivity contribution in [2.75, 3.05) is 26.3 Å². The standard InChI is InChI=1S/C16H26N2O3/c1-3-10-20-14-6-5-13(7-9-17)15(12-14)21-11-8-16(19)18-4-2/h5-6,12H,3-4,7-11,17H2,1-2H3,(H,18,19). The van der Waals surface area contributed by atoms with Gasteiger partial charge in [0, 0.05) is 12.6 Å². The van der Waals surface area contributed by atoms with E-state index in [4.69, 9.17) is 15.2 Å². The van der Waals surface area contributed by atoms with Gasteiger partial charge in [-0.25, -0.2) is 0 Å². The van der Waals surface area contributed by atoms with Crippen molar-refractivity contribution in [3.63, 3.8) is 0 Å². The summed E-state index contributed by atoms with van der Waals surface area (Å²) in [6.45, 7) is 6.17. The summed E-state index contributed by atoms with van der Waals surface area (Å²) in [5.41, 5.74) is 6.65. The Morgan fingerprint density at radius 3 is 2.71 bits per heavy atom. The molecule has 118 valence electrons. The van der Waals surface area contributed by atoms with Crippen molar-refractivity contribution >= 4 is 5.91 Å². The van der Waals surface area contributed by atoms with Gasteiger partial charge in [0.15, 0.2) is 0 Å². The van der Waals surface area contributed by atoms with E-state index in [2.05, 4.69) is 12.2 Å². The molecule has 3 N–H and O–H groups in total. The van der Waals surface area contributed by atoms with E-state index in [0.717, 1.165) is 29.9 Å². The molecule has 0 atom stereocenters. The van der Waals surface area contributed by atoms with Gasteiger partial charge in [-0.3, -0.25) is 4.79 Å². The van der Waals surface area contributed by atoms with Crippen LogP contribution in [0.2, 0.25) is 0 Å². The van der Waals surface area contributed by atoms with Crippen LogP contribution in [0, 0.1) is 0 Å². The highest BCUT2D eigenvalue weighted by atomic mass is 16.5. The fraction of sp³-hybridized carbons (Fsp3) is 0.562. The number of amides is 1. The zero-order valence-electron chi connectivity index (χ0n) is 13.0. The number of carbonyl (C=O) groups is 1. The topological polar surface area (TPSA) is 73.6 Å². The average molecular weight is 294 g/mol. The third-order valence-corrected chi connectivity index (χ3v) is 2.89. The van der Waals surface area contributed by atoms with Crippen molar-refractivity contribution in [3.8, 4) is 11.5 Å². The maximum absolute atomic E-state index is 11.4. The highest BCUT2D eigenvalue weighted by Crippen LogP contribution is 2.25. The van der Waals surface area contributed by atoms with Gasteiger partial charge in [0.2, 0.25) is 5.91 Å². The van der Waals surface area contributed by atoms with Crippen LogP contribution in [0.3, 0.4) is 0 Å². The minimum Gasteiger partial charge on any atom is -0.493 e. The Morgan fingerprint density at radius 2 is 2.05 bits per heavy atom. The normalized spacial score (nSPS) is 10.2. The summed E-state index contributed by atoms with van der Waals surface area (Å²) in [6.07, 6.45) is 2.04. The number of carbonyl (C=O) groups excluding carboxylic acids is 1. The van der Waals surface area contributed by atoms with Crippen molar-refractivity contribution in [1.82, 2.24) is 5.32 Å². The Balaban J connectivity index is 2.64. The van der Waals surface area contributed by atoms with Crippen LogP contribution in [0.1, 0.15) is 32.3 Å². The lowest BCUT2D eigenvalue weighted by atomic mass is 10.1. The lowest BCUT2D eigenvalue weighted by Crippen LogP contribution is -2.24. The molecule has 1 rings (SSSR count). The molecule has 0 spiro atoms. The summed E-state index contributed by atoms with van der Waals surface area (Å²) < 4.78 is 11.3. The van der Waals surface area contributed by atoms with Crippen LogP contribution in [0.4, 0.5) is 0 Å². The van der Waals surface area contributed by atoms with Gasteiger partial charge in [-0.05, 0) is 37.9 Å². The first-order chi connectivity index (χ1) is 10.2. The second-order valence-corrected chi connectivity index (χ2v) is 4.71. The molecular formula is C16H26N2O3. The van der Waals surface area contributed by atoms with Crippen molar-refractivity contribution in [2.45, 2.75) is 33.1 Å². The molecule has 0 radical (unpaired) electrons. The molecule has 5 nitrogen and oxygen atoms in total. The summed E-state index contributed by atoms with van der Waals surface area (Å²) >= 11 is 0. The first-order valence-corrected chi connectivity index (χ1v) is 7.56. The lowest BCUT2D eigenvalue weighted by Gasteiger charge is -2.13. The molecule has 5 heteroatoms. The van der Waals surface area contributed by atoms with Crippen LogP contribution in [0.5, 0.6) is 11.5 Å². The number of nitrogens with two attached hydrogens (primary N) is 1. The molecule has 0 unspecified atom stereocenters. The Labute approximate surface area is 126 Å². The molecule has 1 aromatic rings. The van der Waals surface area contributed by atoms with Gasteiger partial charge < -0.3 is 20.5 Å². The molecule has 0 heterocycles. The van der Waals surface area contributed by atoms with E-state index in [0.29, 0.717) is 32.7 Å². The van der Waals surface area contributed by atoms with Gasteiger partial charge in [0.1, 0.15) is 11.5 Å². The van der Waals surface area contributed by atoms with Gasteiger partial charge in [-0.15, -0.1) is 0 Å². The van der Waals surface area contributed by atoms with Gasteiger partial charge in [0.25, 0.3) is 0 Å². The molecule has 1 aromatic carbocycles. The summed E-state index contributed by atoms with van der Waals surface area (Å²) in [4.78, 5) is 11.4. The van der Waals surface area contributed by atoms with E-state index < -0.39 is 0 Å². The quantitative estimate of drug-likeness (QED) is 0.691. The smallest absolute Gasteiger partial charge is 0.223 e. The average Bonchev–Trinajstić information content (AvgIpc) is 2.47. The summed E-state index contributed by atoms with van der Waals surface area (Å²) in [5, 5.41) is 2.75. The Bertz CT molecular complexity index is 436. The largest absolute Gasteiger partial charge is 0.493 e. The van der Waals surface area contributed by atoms with Crippen molar-refractivity contribution < 1.29 is 14.3 Å². The van der Waals surface area contributed by atoms with Crippen molar-refractivity contribution in [2.24, 2.45) is 5.73 Å². The van der Waals surface area contributed by atoms with Crippen LogP contribution >= 0.6 is 0 Å². The monoisotopic (exact) mass is 294 g/mol. The molecule has 0 aliphatic carbocycles. The van der Waals surface area contributed by atoms with E-state index >= 15 is 0 Å². The van der Waals surface area contributed by atoms with Crippen molar-refractivity contribution in [1.29, 1.82) is 0 Å². The molecule has 0 aliphatic rings. The van der Waals surface area contributed by atoms with E-state index in [-0.39, 0.29) is 5.91 Å². The van der Waals surface area contributed by atoms with Crippen LogP contribution in [-0.4, -0.2) is 32.2 Å². The molecule has 0 aliphatic heterocycles. The minimum atomic E-state index is -0.00346. The fourth-order valence-electron chi connectivity index (χ4n) is 1.88. The molecule has 0 saturated carbocycles. The van der Waals surface area contributed by atoms with E-state index in [1.807, 2.05) is 25.1 Å². The number of benzene rings is 1. The Kier molecular flexibility index (Phi) is 8.28. The maximum atomic E-state index is 11.4. The summed E-state index contributed by atoms with van der Waals surface area (Å²) in [5.74, 6) is 1.53. The minimum absolute atomic E-state index is 0.00346. The molecule has 0 saturated heterocycles. The zero-order chi connectivity index (χ0) is 15.5. The predicted octanol–water partition coefficient (Wildman–Crippen LogP) is 1.88. The lowest BCUT2D eigenvalue weighted by molar-refractivity contribution is -0.121. The predicted molar refractivity (Wildman–Crippen MR) is 83.8 cm³/mol. The SMILES string of the molecule is CCCOc1ccc(CCN)c(OCCC(=O)NCC)c1. The van der Waals surface area contributed by atoms with Gasteiger partial charge in [-0.2, -0.15) is 0 Å². The first-order valence-electron chi connectivity index (χ1n) is 7.56. The zero-order valence-corrected chi connectivity index (χ0v) is 13.0. The molecule has 21 heavy (non-hydrogen) atoms. The van der Waals surface area contributed by atoms with Crippen LogP contribution in [0.25, 0.3) is 0 Å². The van der Waals surface area contributed by atoms with E-state index in [1.54, 1.807) is 0 Å². The first kappa shape index (κ1) is 17.3. The van der Waals surface area contributed by atoms with Gasteiger partial charge >= 0.3 is 0 Å². The number of hydrogen-bond acceptors (Lipinski definition) is 4. The molecule has 0 fully saturated rings. The molecule has 0 aromatic heterocycles. The van der Waals surface area contributed by atoms with Gasteiger partial charge in [-0.1, -0.05) is 13.0 Å². The van der Waals surface area contributed by atoms with Gasteiger partial charge in [0.05, 0.1) is 19.6 Å². The number of rotatable bonds is 10. The molecular weight excluding hydrogens is 268 g/mol.